The molecule has 4 aromatic carbocycles. The van der Waals surface area contributed by atoms with E-state index in [1.807, 2.05) is 0 Å². The SMILES string of the molecule is O=[P+](Oc1ccccc1)OS(=O)(=O)[O-].O=[P+](Oc1ccccc1)OS(=O)(=O)[O-].O=[P+](Oc1ccccc1)OS(=O)(=O)[O-].O=[P+](Oc1ccccc1)OS(=O)(=O)[O-].[Zr+4]. The van der Waals surface area contributed by atoms with Crippen LogP contribution in [0, 0.1) is 0 Å². The molecular formula is C24H20O24P4S4Zr+4. The van der Waals surface area contributed by atoms with Crippen molar-refractivity contribution in [1.82, 2.24) is 0 Å². The van der Waals surface area contributed by atoms with Crippen molar-refractivity contribution >= 4 is 74.6 Å². The molecule has 0 amide bonds. The Hall–Kier alpha value is -3.16. The van der Waals surface area contributed by atoms with Gasteiger partial charge in [0.05, 0.1) is 0 Å². The minimum Gasteiger partial charge on any atom is -0.722 e. The van der Waals surface area contributed by atoms with Crippen molar-refractivity contribution in [1.29, 1.82) is 0 Å². The van der Waals surface area contributed by atoms with E-state index in [1.54, 1.807) is 72.8 Å². The topological polar surface area (TPSA) is 371 Å². The Morgan fingerprint density at radius 3 is 0.579 bits per heavy atom. The van der Waals surface area contributed by atoms with Crippen LogP contribution in [0.4, 0.5) is 0 Å². The first kappa shape index (κ1) is 53.8. The molecule has 4 aromatic rings. The first-order chi connectivity index (χ1) is 25.9. The molecule has 33 heteroatoms. The summed E-state index contributed by atoms with van der Waals surface area (Å²) in [5.74, 6) is 0.601. The molecule has 57 heavy (non-hydrogen) atoms. The zero-order chi connectivity index (χ0) is 42.4. The normalized spacial score (nSPS) is 12.0. The minimum absolute atomic E-state index is 0. The third kappa shape index (κ3) is 32.5. The first-order valence-electron chi connectivity index (χ1n) is 13.3. The van der Waals surface area contributed by atoms with Gasteiger partial charge in [0.15, 0.2) is 23.0 Å². The molecule has 304 valence electrons. The van der Waals surface area contributed by atoms with Gasteiger partial charge in [0.2, 0.25) is 0 Å². The molecule has 0 N–H and O–H groups in total. The average Bonchev–Trinajstić information content (AvgIpc) is 3.04. The molecule has 4 rings (SSSR count). The summed E-state index contributed by atoms with van der Waals surface area (Å²) in [5.41, 5.74) is 0. The van der Waals surface area contributed by atoms with Crippen LogP contribution in [0.3, 0.4) is 0 Å². The van der Waals surface area contributed by atoms with Gasteiger partial charge in [0, 0.05) is 34.1 Å². The Morgan fingerprint density at radius 1 is 0.316 bits per heavy atom. The third-order valence-corrected chi connectivity index (χ3v) is 10.6. The summed E-state index contributed by atoms with van der Waals surface area (Å²) < 4.78 is 195. The van der Waals surface area contributed by atoms with Gasteiger partial charge in [-0.15, -0.1) is 0 Å². The van der Waals surface area contributed by atoms with Crippen molar-refractivity contribution < 1.29 is 130 Å². The Balaban J connectivity index is 0.000000729. The molecule has 4 unspecified atom stereocenters. The zero-order valence-corrected chi connectivity index (χ0v) is 36.6. The molecule has 0 spiro atoms. The van der Waals surface area contributed by atoms with Crippen LogP contribution in [0.25, 0.3) is 0 Å². The van der Waals surface area contributed by atoms with Crippen LogP contribution in [-0.4, -0.2) is 51.9 Å². The monoisotopic (exact) mass is 1030 g/mol. The summed E-state index contributed by atoms with van der Waals surface area (Å²) in [7, 11) is -32.0. The Bertz CT molecular complexity index is 1990. The van der Waals surface area contributed by atoms with Gasteiger partial charge in [-0.1, -0.05) is 72.8 Å². The van der Waals surface area contributed by atoms with E-state index in [0.29, 0.717) is 0 Å². The first-order valence-corrected chi connectivity index (χ1v) is 23.0. The number of hydrogen-bond acceptors (Lipinski definition) is 24. The second-order valence-corrected chi connectivity index (χ2v) is 16.6. The van der Waals surface area contributed by atoms with Gasteiger partial charge in [-0.3, -0.25) is 0 Å². The quantitative estimate of drug-likeness (QED) is 0.0826. The van der Waals surface area contributed by atoms with E-state index in [-0.39, 0.29) is 49.2 Å². The summed E-state index contributed by atoms with van der Waals surface area (Å²) in [6.07, 6.45) is 0. The van der Waals surface area contributed by atoms with Crippen molar-refractivity contribution in [2.75, 3.05) is 0 Å². The zero-order valence-electron chi connectivity index (χ0n) is 27.3. The molecule has 0 radical (unpaired) electrons. The average molecular weight is 1040 g/mol. The smallest absolute Gasteiger partial charge is 0.722 e. The number of hydrogen-bond donors (Lipinski definition) is 0. The maximum atomic E-state index is 10.8. The standard InChI is InChI=1S/4C6H5O6PS.Zr/c4*7-13(12-14(8,9)10)11-6-4-2-1-3-5-6;/h4*1-5H;/q;;;;+4. The van der Waals surface area contributed by atoms with Gasteiger partial charge < -0.3 is 18.2 Å². The van der Waals surface area contributed by atoms with E-state index in [9.17, 15) is 70.1 Å². The second-order valence-electron chi connectivity index (χ2n) is 8.44. The Labute approximate surface area is 347 Å². The molecule has 0 aliphatic carbocycles. The summed E-state index contributed by atoms with van der Waals surface area (Å²) in [6.45, 7) is 0. The summed E-state index contributed by atoms with van der Waals surface area (Å²) >= 11 is 0. The molecule has 0 aromatic heterocycles. The molecule has 0 aliphatic heterocycles. The molecule has 0 aliphatic rings. The van der Waals surface area contributed by atoms with Gasteiger partial charge in [-0.05, 0) is 48.5 Å². The van der Waals surface area contributed by atoms with Gasteiger partial charge in [-0.2, -0.15) is 0 Å². The van der Waals surface area contributed by atoms with Crippen LogP contribution in [0.15, 0.2) is 121 Å². The van der Waals surface area contributed by atoms with E-state index in [0.717, 1.165) is 0 Å². The van der Waals surface area contributed by atoms with Gasteiger partial charge >= 0.3 is 59.2 Å². The molecule has 24 nitrogen and oxygen atoms in total. The van der Waals surface area contributed by atoms with Crippen LogP contribution in [0.2, 0.25) is 0 Å². The van der Waals surface area contributed by atoms with E-state index < -0.39 is 74.6 Å². The van der Waals surface area contributed by atoms with Crippen LogP contribution in [0.1, 0.15) is 0 Å². The van der Waals surface area contributed by atoms with Crippen LogP contribution < -0.4 is 18.1 Å². The minimum atomic E-state index is -5.00. The molecular weight excluding hydrogens is 1020 g/mol. The predicted octanol–water partition coefficient (Wildman–Crippen LogP) is 4.80. The fourth-order valence-electron chi connectivity index (χ4n) is 2.63. The van der Waals surface area contributed by atoms with Gasteiger partial charge in [-0.25, -0.2) is 51.8 Å². The van der Waals surface area contributed by atoms with E-state index >= 15 is 0 Å². The van der Waals surface area contributed by atoms with Gasteiger partial charge in [0.25, 0.3) is 41.6 Å². The van der Waals surface area contributed by atoms with Crippen molar-refractivity contribution in [3.63, 3.8) is 0 Å². The summed E-state index contributed by atoms with van der Waals surface area (Å²) in [5, 5.41) is 0. The number of rotatable bonds is 16. The van der Waals surface area contributed by atoms with Crippen molar-refractivity contribution in [3.05, 3.63) is 121 Å². The number of benzene rings is 4. The largest absolute Gasteiger partial charge is 4.00 e. The van der Waals surface area contributed by atoms with E-state index in [4.69, 9.17) is 0 Å². The summed E-state index contributed by atoms with van der Waals surface area (Å²) in [6, 6.07) is 31.0. The maximum absolute atomic E-state index is 10.8. The molecule has 0 saturated heterocycles. The predicted molar refractivity (Wildman–Crippen MR) is 182 cm³/mol. The van der Waals surface area contributed by atoms with E-state index in [1.165, 1.54) is 48.5 Å². The van der Waals surface area contributed by atoms with Gasteiger partial charge in [0.1, 0.15) is 0 Å². The fraction of sp³-hybridized carbons (Fsp3) is 0. The van der Waals surface area contributed by atoms with Crippen molar-refractivity contribution in [3.8, 4) is 23.0 Å². The molecule has 0 saturated carbocycles. The maximum Gasteiger partial charge on any atom is 4.00 e. The van der Waals surface area contributed by atoms with Crippen LogP contribution in [-0.2, 0) is 102 Å². The molecule has 4 atom stereocenters. The fourth-order valence-corrected chi connectivity index (χ4v) is 6.68. The number of para-hydroxylation sites is 4. The van der Waals surface area contributed by atoms with Crippen molar-refractivity contribution in [2.45, 2.75) is 0 Å². The van der Waals surface area contributed by atoms with Crippen molar-refractivity contribution in [2.24, 2.45) is 0 Å². The van der Waals surface area contributed by atoms with Crippen LogP contribution in [0.5, 0.6) is 23.0 Å². The molecule has 0 heterocycles. The Kier molecular flexibility index (Phi) is 25.3. The van der Waals surface area contributed by atoms with Crippen LogP contribution >= 0.6 is 33.0 Å². The molecule has 0 bridgehead atoms. The van der Waals surface area contributed by atoms with E-state index in [2.05, 4.69) is 34.0 Å². The second kappa shape index (κ2) is 26.8. The third-order valence-electron chi connectivity index (χ3n) is 4.30. The summed E-state index contributed by atoms with van der Waals surface area (Å²) in [4.78, 5) is 0. The Morgan fingerprint density at radius 2 is 0.456 bits per heavy atom. The molecule has 0 fully saturated rings.